The van der Waals surface area contributed by atoms with E-state index in [1.54, 1.807) is 19.1 Å². The van der Waals surface area contributed by atoms with Crippen molar-refractivity contribution in [3.63, 3.8) is 0 Å². The van der Waals surface area contributed by atoms with Gasteiger partial charge in [-0.25, -0.2) is 0 Å². The van der Waals surface area contributed by atoms with E-state index < -0.39 is 12.8 Å². The SMILES string of the molecule is CCOc1cccc(C=O)c1OCCOCC(F)(F)F. The van der Waals surface area contributed by atoms with Gasteiger partial charge in [-0.3, -0.25) is 4.79 Å². The Balaban J connectivity index is 2.55. The molecule has 0 spiro atoms. The van der Waals surface area contributed by atoms with E-state index in [1.165, 1.54) is 6.07 Å². The highest BCUT2D eigenvalue weighted by Crippen LogP contribution is 2.30. The first-order valence-corrected chi connectivity index (χ1v) is 5.96. The minimum Gasteiger partial charge on any atom is -0.490 e. The lowest BCUT2D eigenvalue weighted by Crippen LogP contribution is -2.19. The molecule has 0 fully saturated rings. The molecule has 0 aliphatic heterocycles. The molecule has 0 amide bonds. The van der Waals surface area contributed by atoms with Crippen molar-refractivity contribution < 1.29 is 32.2 Å². The first-order chi connectivity index (χ1) is 9.48. The molecule has 0 saturated carbocycles. The van der Waals surface area contributed by atoms with Crippen molar-refractivity contribution in [2.24, 2.45) is 0 Å². The fourth-order valence-electron chi connectivity index (χ4n) is 1.44. The Hall–Kier alpha value is -1.76. The van der Waals surface area contributed by atoms with Gasteiger partial charge in [-0.1, -0.05) is 6.07 Å². The largest absolute Gasteiger partial charge is 0.490 e. The van der Waals surface area contributed by atoms with Crippen molar-refractivity contribution in [1.29, 1.82) is 0 Å². The monoisotopic (exact) mass is 292 g/mol. The molecule has 0 radical (unpaired) electrons. The van der Waals surface area contributed by atoms with E-state index in [0.29, 0.717) is 18.6 Å². The summed E-state index contributed by atoms with van der Waals surface area (Å²) in [5.74, 6) is 0.577. The molecule has 0 N–H and O–H groups in total. The molecule has 1 aromatic rings. The van der Waals surface area contributed by atoms with Gasteiger partial charge >= 0.3 is 6.18 Å². The molecule has 0 saturated heterocycles. The number of benzene rings is 1. The van der Waals surface area contributed by atoms with E-state index in [0.717, 1.165) is 0 Å². The minimum atomic E-state index is -4.36. The standard InChI is InChI=1S/C13H15F3O4/c1-2-19-11-5-3-4-10(8-17)12(11)20-7-6-18-9-13(14,15)16/h3-5,8H,2,6-7,9H2,1H3. The Morgan fingerprint density at radius 1 is 1.20 bits per heavy atom. The molecule has 1 rings (SSSR count). The Labute approximate surface area is 114 Å². The first-order valence-electron chi connectivity index (χ1n) is 5.96. The van der Waals surface area contributed by atoms with E-state index in [-0.39, 0.29) is 24.5 Å². The van der Waals surface area contributed by atoms with Gasteiger partial charge in [-0.15, -0.1) is 0 Å². The number of carbonyl (C=O) groups excluding carboxylic acids is 1. The molecule has 0 bridgehead atoms. The first kappa shape index (κ1) is 16.3. The van der Waals surface area contributed by atoms with Gasteiger partial charge in [-0.05, 0) is 19.1 Å². The zero-order chi connectivity index (χ0) is 15.0. The van der Waals surface area contributed by atoms with Crippen molar-refractivity contribution >= 4 is 6.29 Å². The molecular weight excluding hydrogens is 277 g/mol. The molecule has 0 aliphatic carbocycles. The van der Waals surface area contributed by atoms with Gasteiger partial charge in [0.2, 0.25) is 0 Å². The van der Waals surface area contributed by atoms with E-state index >= 15 is 0 Å². The summed E-state index contributed by atoms with van der Waals surface area (Å²) in [5, 5.41) is 0. The van der Waals surface area contributed by atoms with Gasteiger partial charge in [0.25, 0.3) is 0 Å². The zero-order valence-electron chi connectivity index (χ0n) is 10.9. The van der Waals surface area contributed by atoms with Crippen LogP contribution in [0.3, 0.4) is 0 Å². The van der Waals surface area contributed by atoms with Gasteiger partial charge in [0.15, 0.2) is 17.8 Å². The summed E-state index contributed by atoms with van der Waals surface area (Å²) >= 11 is 0. The van der Waals surface area contributed by atoms with Crippen LogP contribution in [-0.4, -0.2) is 38.9 Å². The lowest BCUT2D eigenvalue weighted by atomic mass is 10.2. The number of rotatable bonds is 8. The third-order valence-corrected chi connectivity index (χ3v) is 2.18. The predicted molar refractivity (Wildman–Crippen MR) is 65.4 cm³/mol. The zero-order valence-corrected chi connectivity index (χ0v) is 10.9. The topological polar surface area (TPSA) is 44.8 Å². The number of ether oxygens (including phenoxy) is 3. The summed E-state index contributed by atoms with van der Waals surface area (Å²) in [7, 11) is 0. The molecule has 20 heavy (non-hydrogen) atoms. The quantitative estimate of drug-likeness (QED) is 0.546. The second kappa shape index (κ2) is 7.74. The van der Waals surface area contributed by atoms with Gasteiger partial charge in [-0.2, -0.15) is 13.2 Å². The van der Waals surface area contributed by atoms with Crippen molar-refractivity contribution in [2.75, 3.05) is 26.4 Å². The van der Waals surface area contributed by atoms with Crippen molar-refractivity contribution in [2.45, 2.75) is 13.1 Å². The molecule has 112 valence electrons. The highest BCUT2D eigenvalue weighted by molar-refractivity contribution is 5.81. The van der Waals surface area contributed by atoms with Crippen LogP contribution < -0.4 is 9.47 Å². The summed E-state index contributed by atoms with van der Waals surface area (Å²) in [5.41, 5.74) is 0.270. The van der Waals surface area contributed by atoms with E-state index in [4.69, 9.17) is 9.47 Å². The van der Waals surface area contributed by atoms with Crippen LogP contribution in [0.15, 0.2) is 18.2 Å². The van der Waals surface area contributed by atoms with Crippen molar-refractivity contribution in [3.05, 3.63) is 23.8 Å². The lowest BCUT2D eigenvalue weighted by Gasteiger charge is -2.14. The smallest absolute Gasteiger partial charge is 0.411 e. The minimum absolute atomic E-state index is 0.110. The second-order valence-corrected chi connectivity index (χ2v) is 3.74. The average molecular weight is 292 g/mol. The van der Waals surface area contributed by atoms with Gasteiger partial charge in [0, 0.05) is 0 Å². The normalized spacial score (nSPS) is 11.2. The number of carbonyl (C=O) groups is 1. The number of hydrogen-bond acceptors (Lipinski definition) is 4. The summed E-state index contributed by atoms with van der Waals surface area (Å²) in [4.78, 5) is 10.9. The lowest BCUT2D eigenvalue weighted by molar-refractivity contribution is -0.175. The summed E-state index contributed by atoms with van der Waals surface area (Å²) in [6, 6.07) is 4.77. The fourth-order valence-corrected chi connectivity index (χ4v) is 1.44. The van der Waals surface area contributed by atoms with Crippen LogP contribution in [0.5, 0.6) is 11.5 Å². The second-order valence-electron chi connectivity index (χ2n) is 3.74. The highest BCUT2D eigenvalue weighted by Gasteiger charge is 2.27. The Bertz CT molecular complexity index is 432. The summed E-state index contributed by atoms with van der Waals surface area (Å²) in [6.07, 6.45) is -3.77. The number of aldehydes is 1. The van der Waals surface area contributed by atoms with Crippen LogP contribution in [0.2, 0.25) is 0 Å². The molecular formula is C13H15F3O4. The fraction of sp³-hybridized carbons (Fsp3) is 0.462. The molecule has 0 atom stereocenters. The predicted octanol–water partition coefficient (Wildman–Crippen LogP) is 2.86. The third-order valence-electron chi connectivity index (χ3n) is 2.18. The van der Waals surface area contributed by atoms with Crippen LogP contribution in [0.1, 0.15) is 17.3 Å². The number of halogens is 3. The highest BCUT2D eigenvalue weighted by atomic mass is 19.4. The maximum Gasteiger partial charge on any atom is 0.411 e. The summed E-state index contributed by atoms with van der Waals surface area (Å²) < 4.78 is 50.5. The number of para-hydroxylation sites is 1. The van der Waals surface area contributed by atoms with E-state index in [2.05, 4.69) is 4.74 Å². The van der Waals surface area contributed by atoms with Gasteiger partial charge < -0.3 is 14.2 Å². The Morgan fingerprint density at radius 3 is 2.55 bits per heavy atom. The van der Waals surface area contributed by atoms with Crippen LogP contribution in [0, 0.1) is 0 Å². The maximum absolute atomic E-state index is 11.9. The molecule has 0 unspecified atom stereocenters. The average Bonchev–Trinajstić information content (AvgIpc) is 2.38. The van der Waals surface area contributed by atoms with Crippen LogP contribution in [0.25, 0.3) is 0 Å². The van der Waals surface area contributed by atoms with E-state index in [9.17, 15) is 18.0 Å². The van der Waals surface area contributed by atoms with Gasteiger partial charge in [0.1, 0.15) is 13.2 Å². The van der Waals surface area contributed by atoms with Crippen molar-refractivity contribution in [1.82, 2.24) is 0 Å². The molecule has 0 heterocycles. The van der Waals surface area contributed by atoms with Crippen LogP contribution in [0.4, 0.5) is 13.2 Å². The van der Waals surface area contributed by atoms with Crippen LogP contribution in [-0.2, 0) is 4.74 Å². The van der Waals surface area contributed by atoms with Crippen LogP contribution >= 0.6 is 0 Å². The number of hydrogen-bond donors (Lipinski definition) is 0. The molecule has 1 aromatic carbocycles. The Kier molecular flexibility index (Phi) is 6.30. The molecule has 0 aliphatic rings. The molecule has 0 aromatic heterocycles. The van der Waals surface area contributed by atoms with E-state index in [1.807, 2.05) is 0 Å². The molecule has 7 heteroatoms. The van der Waals surface area contributed by atoms with Gasteiger partial charge in [0.05, 0.1) is 18.8 Å². The third kappa shape index (κ3) is 5.48. The maximum atomic E-state index is 11.9. The Morgan fingerprint density at radius 2 is 1.95 bits per heavy atom. The summed E-state index contributed by atoms with van der Waals surface area (Å²) in [6.45, 7) is 0.469. The van der Waals surface area contributed by atoms with Crippen molar-refractivity contribution in [3.8, 4) is 11.5 Å². The number of alkyl halides is 3. The molecule has 4 nitrogen and oxygen atoms in total.